The molecule has 84 valence electrons. The van der Waals surface area contributed by atoms with Gasteiger partial charge in [-0.3, -0.25) is 4.98 Å². The molecule has 0 amide bonds. The monoisotopic (exact) mass is 235 g/mol. The van der Waals surface area contributed by atoms with E-state index >= 15 is 0 Å². The fourth-order valence-electron chi connectivity index (χ4n) is 1.13. The quantitative estimate of drug-likeness (QED) is 0.866. The van der Waals surface area contributed by atoms with Gasteiger partial charge in [0.15, 0.2) is 0 Å². The first-order valence-electron chi connectivity index (χ1n) is 4.99. The van der Waals surface area contributed by atoms with Crippen molar-refractivity contribution in [1.82, 2.24) is 4.98 Å². The maximum Gasteiger partial charge on any atom is 0.345 e. The third-order valence-electron chi connectivity index (χ3n) is 1.81. The summed E-state index contributed by atoms with van der Waals surface area (Å²) in [4.78, 5) is 15.0. The molecule has 0 spiro atoms. The summed E-state index contributed by atoms with van der Waals surface area (Å²) in [5.41, 5.74) is 1.84. The fraction of sp³-hybridized carbons (Fsp3) is 0.167. The van der Waals surface area contributed by atoms with Crippen LogP contribution in [0, 0.1) is 0 Å². The molecule has 0 aliphatic carbocycles. The molecule has 0 saturated carbocycles. The maximum atomic E-state index is 10.6. The third-order valence-corrected chi connectivity index (χ3v) is 2.72. The molecule has 2 heterocycles. The summed E-state index contributed by atoms with van der Waals surface area (Å²) < 4.78 is 0. The van der Waals surface area contributed by atoms with Gasteiger partial charge in [0.1, 0.15) is 4.88 Å². The Morgan fingerprint density at radius 1 is 1.38 bits per heavy atom. The molecule has 1 N–H and O–H groups in total. The van der Waals surface area contributed by atoms with E-state index in [0.717, 1.165) is 11.1 Å². The topological polar surface area (TPSA) is 50.2 Å². The molecule has 0 aromatic carbocycles. The molecule has 4 heteroatoms. The Hall–Kier alpha value is -1.68. The minimum absolute atomic E-state index is 0.351. The van der Waals surface area contributed by atoms with Crippen LogP contribution in [0.1, 0.15) is 23.5 Å². The number of hydrogen-bond acceptors (Lipinski definition) is 3. The fourth-order valence-corrected chi connectivity index (χ4v) is 1.89. The first kappa shape index (κ1) is 12.4. The Morgan fingerprint density at radius 2 is 2.12 bits per heavy atom. The van der Waals surface area contributed by atoms with Gasteiger partial charge in [0.2, 0.25) is 0 Å². The zero-order valence-corrected chi connectivity index (χ0v) is 9.99. The predicted octanol–water partition coefficient (Wildman–Crippen LogP) is 3.53. The van der Waals surface area contributed by atoms with Crippen LogP contribution in [0.3, 0.4) is 0 Å². The molecule has 0 aliphatic heterocycles. The van der Waals surface area contributed by atoms with E-state index in [-0.39, 0.29) is 0 Å². The predicted molar refractivity (Wildman–Crippen MR) is 65.9 cm³/mol. The lowest BCUT2D eigenvalue weighted by Gasteiger charge is -1.93. The lowest BCUT2D eigenvalue weighted by Crippen LogP contribution is -1.89. The smallest absolute Gasteiger partial charge is 0.345 e. The highest BCUT2D eigenvalue weighted by molar-refractivity contribution is 7.12. The number of hydrogen-bond donors (Lipinski definition) is 1. The maximum absolute atomic E-state index is 10.6. The van der Waals surface area contributed by atoms with E-state index in [4.69, 9.17) is 5.11 Å². The molecule has 0 unspecified atom stereocenters. The number of nitrogens with zero attached hydrogens (tertiary/aromatic N) is 1. The molecule has 16 heavy (non-hydrogen) atoms. The number of carboxylic acid groups (broad SMARTS) is 1. The summed E-state index contributed by atoms with van der Waals surface area (Å²) >= 11 is 1.23. The molecule has 0 saturated heterocycles. The second-order valence-corrected chi connectivity index (χ2v) is 3.66. The van der Waals surface area contributed by atoms with Crippen LogP contribution >= 0.6 is 11.3 Å². The molecule has 0 aliphatic rings. The number of thiophene rings is 1. The van der Waals surface area contributed by atoms with Crippen LogP contribution in [0.4, 0.5) is 0 Å². The summed E-state index contributed by atoms with van der Waals surface area (Å²) in [6.07, 6.45) is 3.40. The van der Waals surface area contributed by atoms with E-state index in [1.54, 1.807) is 18.5 Å². The first-order valence-corrected chi connectivity index (χ1v) is 5.87. The largest absolute Gasteiger partial charge is 0.477 e. The van der Waals surface area contributed by atoms with Crippen molar-refractivity contribution < 1.29 is 9.90 Å². The average molecular weight is 235 g/mol. The molecule has 2 aromatic rings. The van der Waals surface area contributed by atoms with E-state index in [2.05, 4.69) is 4.98 Å². The summed E-state index contributed by atoms with van der Waals surface area (Å²) in [5, 5.41) is 10.6. The van der Waals surface area contributed by atoms with Crippen LogP contribution in [-0.2, 0) is 0 Å². The first-order chi connectivity index (χ1) is 7.77. The van der Waals surface area contributed by atoms with Crippen molar-refractivity contribution >= 4 is 17.3 Å². The number of carbonyl (C=O) groups is 1. The third kappa shape index (κ3) is 2.90. The van der Waals surface area contributed by atoms with Crippen LogP contribution in [0.5, 0.6) is 0 Å². The van der Waals surface area contributed by atoms with Crippen molar-refractivity contribution in [2.45, 2.75) is 13.8 Å². The number of aromatic nitrogens is 1. The highest BCUT2D eigenvalue weighted by Crippen LogP contribution is 2.24. The van der Waals surface area contributed by atoms with E-state index in [9.17, 15) is 4.79 Å². The molecule has 0 radical (unpaired) electrons. The lowest BCUT2D eigenvalue weighted by molar-refractivity contribution is 0.0702. The molecule has 0 atom stereocenters. The Morgan fingerprint density at radius 3 is 2.62 bits per heavy atom. The van der Waals surface area contributed by atoms with Crippen molar-refractivity contribution in [2.75, 3.05) is 0 Å². The van der Waals surface area contributed by atoms with Gasteiger partial charge in [0.25, 0.3) is 0 Å². The lowest BCUT2D eigenvalue weighted by atomic mass is 10.1. The molecule has 0 fully saturated rings. The summed E-state index contributed by atoms with van der Waals surface area (Å²) in [6.45, 7) is 4.00. The van der Waals surface area contributed by atoms with Crippen molar-refractivity contribution in [3.8, 4) is 11.1 Å². The average Bonchev–Trinajstić information content (AvgIpc) is 2.82. The van der Waals surface area contributed by atoms with Gasteiger partial charge in [-0.05, 0) is 23.1 Å². The number of carboxylic acids is 1. The van der Waals surface area contributed by atoms with Crippen molar-refractivity contribution in [3.05, 3.63) is 40.8 Å². The van der Waals surface area contributed by atoms with Gasteiger partial charge in [0, 0.05) is 18.0 Å². The minimum atomic E-state index is -0.884. The van der Waals surface area contributed by atoms with Crippen LogP contribution < -0.4 is 0 Å². The molecule has 2 rings (SSSR count). The van der Waals surface area contributed by atoms with Crippen molar-refractivity contribution in [3.63, 3.8) is 0 Å². The zero-order chi connectivity index (χ0) is 12.0. The van der Waals surface area contributed by atoms with Gasteiger partial charge in [-0.1, -0.05) is 19.9 Å². The van der Waals surface area contributed by atoms with E-state index < -0.39 is 5.97 Å². The summed E-state index contributed by atoms with van der Waals surface area (Å²) in [6, 6.07) is 5.39. The van der Waals surface area contributed by atoms with E-state index in [0.29, 0.717) is 4.88 Å². The minimum Gasteiger partial charge on any atom is -0.477 e. The normalized spacial score (nSPS) is 9.12. The Kier molecular flexibility index (Phi) is 4.66. The van der Waals surface area contributed by atoms with Gasteiger partial charge in [0.05, 0.1) is 0 Å². The Bertz CT molecular complexity index is 451. The second-order valence-electron chi connectivity index (χ2n) is 2.75. The molecular weight excluding hydrogens is 222 g/mol. The molecule has 3 nitrogen and oxygen atoms in total. The standard InChI is InChI=1S/C10H7NO2S.C2H6/c12-10(13)9-4-8(6-14-9)7-2-1-3-11-5-7;1-2/h1-6H,(H,12,13);1-2H3. The summed E-state index contributed by atoms with van der Waals surface area (Å²) in [5.74, 6) is -0.884. The highest BCUT2D eigenvalue weighted by Gasteiger charge is 2.07. The Labute approximate surface area is 98.4 Å². The van der Waals surface area contributed by atoms with Crippen LogP contribution in [-0.4, -0.2) is 16.1 Å². The second kappa shape index (κ2) is 6.02. The van der Waals surface area contributed by atoms with Gasteiger partial charge in [-0.15, -0.1) is 11.3 Å². The van der Waals surface area contributed by atoms with Crippen LogP contribution in [0.25, 0.3) is 11.1 Å². The number of aromatic carboxylic acids is 1. The Balaban J connectivity index is 0.000000606. The van der Waals surface area contributed by atoms with Crippen molar-refractivity contribution in [1.29, 1.82) is 0 Å². The number of pyridine rings is 1. The van der Waals surface area contributed by atoms with Gasteiger partial charge >= 0.3 is 5.97 Å². The van der Waals surface area contributed by atoms with E-state index in [1.807, 2.05) is 31.4 Å². The molecule has 0 bridgehead atoms. The SMILES string of the molecule is CC.O=C(O)c1cc(-c2cccnc2)cs1. The summed E-state index contributed by atoms with van der Waals surface area (Å²) in [7, 11) is 0. The van der Waals surface area contributed by atoms with Crippen molar-refractivity contribution in [2.24, 2.45) is 0 Å². The van der Waals surface area contributed by atoms with Crippen LogP contribution in [0.15, 0.2) is 36.0 Å². The molecular formula is C12H13NO2S. The molecule has 2 aromatic heterocycles. The van der Waals surface area contributed by atoms with Gasteiger partial charge in [-0.2, -0.15) is 0 Å². The van der Waals surface area contributed by atoms with Gasteiger partial charge in [-0.25, -0.2) is 4.79 Å². The van der Waals surface area contributed by atoms with Crippen LogP contribution in [0.2, 0.25) is 0 Å². The highest BCUT2D eigenvalue weighted by atomic mass is 32.1. The van der Waals surface area contributed by atoms with E-state index in [1.165, 1.54) is 11.3 Å². The number of rotatable bonds is 2. The zero-order valence-electron chi connectivity index (χ0n) is 9.18. The van der Waals surface area contributed by atoms with Gasteiger partial charge < -0.3 is 5.11 Å².